The lowest BCUT2D eigenvalue weighted by molar-refractivity contribution is -0.118. The van der Waals surface area contributed by atoms with Gasteiger partial charge in [0.2, 0.25) is 11.1 Å². The molecule has 1 aromatic heterocycles. The van der Waals surface area contributed by atoms with Gasteiger partial charge in [-0.1, -0.05) is 37.7 Å². The second-order valence-corrected chi connectivity index (χ2v) is 6.50. The smallest absolute Gasteiger partial charge is 0.230 e. The molecule has 2 aromatic rings. The lowest BCUT2D eigenvalue weighted by Gasteiger charge is -2.07. The van der Waals surface area contributed by atoms with Gasteiger partial charge in [-0.05, 0) is 40.5 Å². The fourth-order valence-electron chi connectivity index (χ4n) is 1.94. The van der Waals surface area contributed by atoms with E-state index >= 15 is 0 Å². The zero-order valence-electron chi connectivity index (χ0n) is 13.2. The van der Waals surface area contributed by atoms with Crippen LogP contribution in [0.25, 0.3) is 0 Å². The molecule has 0 unspecified atom stereocenters. The summed E-state index contributed by atoms with van der Waals surface area (Å²) in [6, 6.07) is 6.27. The number of carbonyl (C=O) groups excluding carboxylic acids is 1. The van der Waals surface area contributed by atoms with Crippen molar-refractivity contribution < 1.29 is 9.18 Å². The highest BCUT2D eigenvalue weighted by atomic mass is 32.2. The van der Waals surface area contributed by atoms with Crippen LogP contribution in [-0.4, -0.2) is 38.4 Å². The number of benzene rings is 1. The molecular weight excluding hydrogens is 317 g/mol. The standard InChI is InChI=1S/C15H20FN5OS/c1-11(2)9-21-15(18-19-20-21)23-10-14(22)17-8-7-12-3-5-13(16)6-4-12/h3-6,11H,7-10H2,1-2H3,(H,17,22). The summed E-state index contributed by atoms with van der Waals surface area (Å²) in [7, 11) is 0. The summed E-state index contributed by atoms with van der Waals surface area (Å²) < 4.78 is 14.5. The molecule has 0 saturated heterocycles. The van der Waals surface area contributed by atoms with Crippen LogP contribution in [0.1, 0.15) is 19.4 Å². The fraction of sp³-hybridized carbons (Fsp3) is 0.467. The number of aromatic nitrogens is 4. The Kier molecular flexibility index (Phi) is 6.52. The Labute approximate surface area is 138 Å². The lowest BCUT2D eigenvalue weighted by Crippen LogP contribution is -2.27. The highest BCUT2D eigenvalue weighted by molar-refractivity contribution is 7.99. The number of carbonyl (C=O) groups is 1. The average molecular weight is 337 g/mol. The molecule has 0 fully saturated rings. The molecule has 1 N–H and O–H groups in total. The first kappa shape index (κ1) is 17.4. The summed E-state index contributed by atoms with van der Waals surface area (Å²) in [5.74, 6) is 0.369. The van der Waals surface area contributed by atoms with Crippen molar-refractivity contribution in [2.24, 2.45) is 5.92 Å². The highest BCUT2D eigenvalue weighted by Crippen LogP contribution is 2.14. The number of hydrogen-bond acceptors (Lipinski definition) is 5. The van der Waals surface area contributed by atoms with Crippen molar-refractivity contribution in [3.63, 3.8) is 0 Å². The molecule has 1 aromatic carbocycles. The van der Waals surface area contributed by atoms with Crippen molar-refractivity contribution in [3.8, 4) is 0 Å². The quantitative estimate of drug-likeness (QED) is 0.745. The highest BCUT2D eigenvalue weighted by Gasteiger charge is 2.10. The zero-order valence-corrected chi connectivity index (χ0v) is 14.0. The van der Waals surface area contributed by atoms with E-state index in [2.05, 4.69) is 34.7 Å². The average Bonchev–Trinajstić information content (AvgIpc) is 2.93. The minimum atomic E-state index is -0.256. The number of nitrogens with zero attached hydrogens (tertiary/aromatic N) is 4. The predicted octanol–water partition coefficient (Wildman–Crippen LogP) is 1.92. The van der Waals surface area contributed by atoms with E-state index in [4.69, 9.17) is 0 Å². The summed E-state index contributed by atoms with van der Waals surface area (Å²) in [4.78, 5) is 11.8. The van der Waals surface area contributed by atoms with Crippen LogP contribution in [0.2, 0.25) is 0 Å². The lowest BCUT2D eigenvalue weighted by atomic mass is 10.1. The van der Waals surface area contributed by atoms with E-state index in [0.29, 0.717) is 24.0 Å². The maximum absolute atomic E-state index is 12.8. The van der Waals surface area contributed by atoms with Gasteiger partial charge in [0, 0.05) is 13.1 Å². The molecule has 124 valence electrons. The Morgan fingerprint density at radius 3 is 2.78 bits per heavy atom. The third-order valence-corrected chi connectivity index (χ3v) is 3.98. The van der Waals surface area contributed by atoms with Gasteiger partial charge >= 0.3 is 0 Å². The van der Waals surface area contributed by atoms with Gasteiger partial charge in [-0.25, -0.2) is 9.07 Å². The molecule has 23 heavy (non-hydrogen) atoms. The van der Waals surface area contributed by atoms with E-state index in [-0.39, 0.29) is 17.5 Å². The van der Waals surface area contributed by atoms with Crippen LogP contribution in [0.5, 0.6) is 0 Å². The minimum absolute atomic E-state index is 0.0730. The first-order valence-electron chi connectivity index (χ1n) is 7.44. The van der Waals surface area contributed by atoms with Gasteiger partial charge in [-0.2, -0.15) is 0 Å². The molecule has 0 aliphatic heterocycles. The third-order valence-electron chi connectivity index (χ3n) is 3.02. The number of thioether (sulfide) groups is 1. The van der Waals surface area contributed by atoms with E-state index in [0.717, 1.165) is 12.1 Å². The molecule has 0 spiro atoms. The van der Waals surface area contributed by atoms with Crippen molar-refractivity contribution in [1.29, 1.82) is 0 Å². The van der Waals surface area contributed by atoms with E-state index in [1.54, 1.807) is 16.8 Å². The maximum Gasteiger partial charge on any atom is 0.230 e. The molecule has 0 atom stereocenters. The second kappa shape index (κ2) is 8.61. The molecule has 0 bridgehead atoms. The van der Waals surface area contributed by atoms with Crippen molar-refractivity contribution in [1.82, 2.24) is 25.5 Å². The van der Waals surface area contributed by atoms with Gasteiger partial charge in [-0.3, -0.25) is 4.79 Å². The van der Waals surface area contributed by atoms with Crippen LogP contribution in [0.4, 0.5) is 4.39 Å². The van der Waals surface area contributed by atoms with E-state index in [1.165, 1.54) is 23.9 Å². The topological polar surface area (TPSA) is 72.7 Å². The van der Waals surface area contributed by atoms with Gasteiger partial charge in [0.05, 0.1) is 5.75 Å². The largest absolute Gasteiger partial charge is 0.355 e. The van der Waals surface area contributed by atoms with Gasteiger partial charge in [0.15, 0.2) is 0 Å². The first-order valence-corrected chi connectivity index (χ1v) is 8.43. The van der Waals surface area contributed by atoms with E-state index < -0.39 is 0 Å². The molecule has 0 saturated carbocycles. The summed E-state index contributed by atoms with van der Waals surface area (Å²) in [5, 5.41) is 15.0. The van der Waals surface area contributed by atoms with Crippen LogP contribution in [0.15, 0.2) is 29.4 Å². The fourth-order valence-corrected chi connectivity index (χ4v) is 2.66. The van der Waals surface area contributed by atoms with Crippen molar-refractivity contribution in [2.75, 3.05) is 12.3 Å². The summed E-state index contributed by atoms with van der Waals surface area (Å²) in [6.07, 6.45) is 0.668. The maximum atomic E-state index is 12.8. The molecule has 1 amide bonds. The van der Waals surface area contributed by atoms with Crippen molar-refractivity contribution in [3.05, 3.63) is 35.6 Å². The number of amides is 1. The molecule has 6 nitrogen and oxygen atoms in total. The number of tetrazole rings is 1. The summed E-state index contributed by atoms with van der Waals surface area (Å²) in [5.41, 5.74) is 0.986. The van der Waals surface area contributed by atoms with Gasteiger partial charge in [0.1, 0.15) is 5.82 Å². The predicted molar refractivity (Wildman–Crippen MR) is 86.5 cm³/mol. The molecule has 1 heterocycles. The monoisotopic (exact) mass is 337 g/mol. The summed E-state index contributed by atoms with van der Waals surface area (Å²) >= 11 is 1.32. The molecule has 0 aliphatic rings. The van der Waals surface area contributed by atoms with Crippen LogP contribution in [-0.2, 0) is 17.8 Å². The molecule has 8 heteroatoms. The Morgan fingerprint density at radius 1 is 1.35 bits per heavy atom. The normalized spacial score (nSPS) is 11.0. The minimum Gasteiger partial charge on any atom is -0.355 e. The van der Waals surface area contributed by atoms with Crippen LogP contribution in [0, 0.1) is 11.7 Å². The number of hydrogen-bond donors (Lipinski definition) is 1. The van der Waals surface area contributed by atoms with Gasteiger partial charge in [-0.15, -0.1) is 5.10 Å². The van der Waals surface area contributed by atoms with Crippen molar-refractivity contribution >= 4 is 17.7 Å². The van der Waals surface area contributed by atoms with E-state index in [9.17, 15) is 9.18 Å². The molecular formula is C15H20FN5OS. The Bertz CT molecular complexity index is 629. The van der Waals surface area contributed by atoms with Crippen LogP contribution in [0.3, 0.4) is 0 Å². The second-order valence-electron chi connectivity index (χ2n) is 5.55. The number of rotatable bonds is 8. The van der Waals surface area contributed by atoms with Crippen LogP contribution >= 0.6 is 11.8 Å². The number of nitrogens with one attached hydrogen (secondary N) is 1. The molecule has 2 rings (SSSR count). The van der Waals surface area contributed by atoms with Gasteiger partial charge in [0.25, 0.3) is 0 Å². The Balaban J connectivity index is 1.71. The van der Waals surface area contributed by atoms with Crippen molar-refractivity contribution in [2.45, 2.75) is 32.0 Å². The molecule has 0 aliphatic carbocycles. The number of halogens is 1. The third kappa shape index (κ3) is 5.97. The molecule has 0 radical (unpaired) electrons. The van der Waals surface area contributed by atoms with Gasteiger partial charge < -0.3 is 5.32 Å². The summed E-state index contributed by atoms with van der Waals surface area (Å²) in [6.45, 7) is 5.40. The SMILES string of the molecule is CC(C)Cn1nnnc1SCC(=O)NCCc1ccc(F)cc1. The Hall–Kier alpha value is -1.96. The van der Waals surface area contributed by atoms with E-state index in [1.807, 2.05) is 0 Å². The zero-order chi connectivity index (χ0) is 16.7. The first-order chi connectivity index (χ1) is 11.0. The van der Waals surface area contributed by atoms with Crippen LogP contribution < -0.4 is 5.32 Å². The Morgan fingerprint density at radius 2 is 2.09 bits per heavy atom.